The van der Waals surface area contributed by atoms with Crippen molar-refractivity contribution in [3.05, 3.63) is 84.2 Å². The normalized spacial score (nSPS) is 22.6. The van der Waals surface area contributed by atoms with Crippen LogP contribution in [-0.2, 0) is 5.54 Å². The SMILES string of the molecule is CC1(O)CC(N)(c2ccc(-c3nc4cc[nH+]c(C#N)c4cc3-c3ccccc3)cc2)C1. The number of hydrogen-bond acceptors (Lipinski definition) is 4. The smallest absolute Gasteiger partial charge is 0.291 e. The van der Waals surface area contributed by atoms with E-state index in [0.29, 0.717) is 18.5 Å². The summed E-state index contributed by atoms with van der Waals surface area (Å²) in [5.74, 6) is 0. The van der Waals surface area contributed by atoms with Gasteiger partial charge < -0.3 is 10.8 Å². The van der Waals surface area contributed by atoms with Gasteiger partial charge in [0.2, 0.25) is 0 Å². The second-order valence-electron chi connectivity index (χ2n) is 8.73. The van der Waals surface area contributed by atoms with Crippen LogP contribution in [0.15, 0.2) is 72.9 Å². The summed E-state index contributed by atoms with van der Waals surface area (Å²) in [6, 6.07) is 24.3. The molecule has 0 unspecified atom stereocenters. The number of nitrogens with two attached hydrogens (primary N) is 1. The maximum Gasteiger partial charge on any atom is 0.291 e. The fraction of sp³-hybridized carbons (Fsp3) is 0.192. The molecule has 4 aromatic rings. The van der Waals surface area contributed by atoms with Crippen molar-refractivity contribution in [2.24, 2.45) is 5.73 Å². The van der Waals surface area contributed by atoms with Crippen molar-refractivity contribution in [3.63, 3.8) is 0 Å². The standard InChI is InChI=1S/C26H22N4O/c1-25(31)15-26(28,16-25)19-9-7-18(8-10-19)24-20(17-5-3-2-4-6-17)13-21-22(30-24)11-12-29-23(21)14-27/h2-13,31H,15-16,28H2,1H3/p+1. The summed E-state index contributed by atoms with van der Waals surface area (Å²) >= 11 is 0. The van der Waals surface area contributed by atoms with Crippen LogP contribution < -0.4 is 10.7 Å². The van der Waals surface area contributed by atoms with Crippen molar-refractivity contribution < 1.29 is 10.1 Å². The summed E-state index contributed by atoms with van der Waals surface area (Å²) in [6.07, 6.45) is 2.84. The summed E-state index contributed by atoms with van der Waals surface area (Å²) in [5.41, 5.74) is 11.4. The van der Waals surface area contributed by atoms with Gasteiger partial charge in [0, 0.05) is 22.7 Å². The highest BCUT2D eigenvalue weighted by molar-refractivity contribution is 5.93. The number of benzene rings is 2. The summed E-state index contributed by atoms with van der Waals surface area (Å²) in [4.78, 5) is 7.94. The molecule has 1 fully saturated rings. The number of aromatic amines is 1. The molecule has 152 valence electrons. The van der Waals surface area contributed by atoms with E-state index < -0.39 is 11.1 Å². The van der Waals surface area contributed by atoms with Gasteiger partial charge in [-0.25, -0.2) is 9.97 Å². The minimum atomic E-state index is -0.691. The number of nitrogens with zero attached hydrogens (tertiary/aromatic N) is 2. The molecular formula is C26H23N4O+. The summed E-state index contributed by atoms with van der Waals surface area (Å²) in [5, 5.41) is 20.4. The minimum Gasteiger partial charge on any atom is -0.390 e. The maximum atomic E-state index is 10.1. The van der Waals surface area contributed by atoms with Gasteiger partial charge in [0.15, 0.2) is 12.3 Å². The van der Waals surface area contributed by atoms with Crippen LogP contribution in [0.3, 0.4) is 0 Å². The van der Waals surface area contributed by atoms with Crippen LogP contribution in [0, 0.1) is 11.3 Å². The first-order chi connectivity index (χ1) is 14.9. The average molecular weight is 407 g/mol. The van der Waals surface area contributed by atoms with E-state index in [-0.39, 0.29) is 0 Å². The van der Waals surface area contributed by atoms with Gasteiger partial charge >= 0.3 is 0 Å². The molecule has 1 aliphatic carbocycles. The molecule has 5 heteroatoms. The molecule has 1 saturated carbocycles. The third kappa shape index (κ3) is 3.36. The van der Waals surface area contributed by atoms with Crippen LogP contribution in [0.4, 0.5) is 0 Å². The van der Waals surface area contributed by atoms with E-state index in [0.717, 1.165) is 38.9 Å². The molecule has 4 N–H and O–H groups in total. The number of pyridine rings is 2. The first-order valence-corrected chi connectivity index (χ1v) is 10.3. The number of aliphatic hydroxyl groups is 1. The van der Waals surface area contributed by atoms with Gasteiger partial charge in [0.25, 0.3) is 5.69 Å². The molecule has 0 atom stereocenters. The highest BCUT2D eigenvalue weighted by Gasteiger charge is 2.49. The first-order valence-electron chi connectivity index (χ1n) is 10.3. The van der Waals surface area contributed by atoms with Crippen LogP contribution >= 0.6 is 0 Å². The second-order valence-corrected chi connectivity index (χ2v) is 8.73. The molecule has 2 aromatic carbocycles. The Morgan fingerprint density at radius 2 is 1.74 bits per heavy atom. The lowest BCUT2D eigenvalue weighted by atomic mass is 9.63. The maximum absolute atomic E-state index is 10.1. The molecule has 5 rings (SSSR count). The Bertz CT molecular complexity index is 1310. The fourth-order valence-corrected chi connectivity index (χ4v) is 4.76. The zero-order valence-electron chi connectivity index (χ0n) is 17.3. The van der Waals surface area contributed by atoms with Gasteiger partial charge in [0.05, 0.1) is 22.2 Å². The molecule has 0 amide bonds. The van der Waals surface area contributed by atoms with Crippen LogP contribution in [-0.4, -0.2) is 15.7 Å². The Hall–Kier alpha value is -3.59. The Kier molecular flexibility index (Phi) is 4.37. The average Bonchev–Trinajstić information content (AvgIpc) is 2.77. The molecule has 0 bridgehead atoms. The van der Waals surface area contributed by atoms with E-state index in [1.54, 1.807) is 6.20 Å². The Labute approximate surface area is 180 Å². The monoisotopic (exact) mass is 407 g/mol. The Morgan fingerprint density at radius 3 is 2.39 bits per heavy atom. The Balaban J connectivity index is 1.65. The van der Waals surface area contributed by atoms with Crippen molar-refractivity contribution in [1.82, 2.24) is 4.98 Å². The second kappa shape index (κ2) is 6.98. The third-order valence-corrected chi connectivity index (χ3v) is 6.11. The van der Waals surface area contributed by atoms with Gasteiger partial charge in [-0.3, -0.25) is 0 Å². The van der Waals surface area contributed by atoms with E-state index in [1.807, 2.05) is 73.7 Å². The number of aromatic nitrogens is 2. The number of nitriles is 1. The molecule has 0 spiro atoms. The van der Waals surface area contributed by atoms with E-state index in [4.69, 9.17) is 10.7 Å². The van der Waals surface area contributed by atoms with Gasteiger partial charge in [-0.15, -0.1) is 0 Å². The number of H-pyrrole nitrogens is 1. The third-order valence-electron chi connectivity index (χ3n) is 6.11. The summed E-state index contributed by atoms with van der Waals surface area (Å²) in [7, 11) is 0. The molecule has 31 heavy (non-hydrogen) atoms. The van der Waals surface area contributed by atoms with E-state index in [1.165, 1.54) is 0 Å². The molecule has 0 aliphatic heterocycles. The van der Waals surface area contributed by atoms with Crippen molar-refractivity contribution in [2.75, 3.05) is 0 Å². The van der Waals surface area contributed by atoms with Crippen LogP contribution in [0.5, 0.6) is 0 Å². The highest BCUT2D eigenvalue weighted by Crippen LogP contribution is 2.46. The van der Waals surface area contributed by atoms with Crippen molar-refractivity contribution in [3.8, 4) is 28.5 Å². The zero-order valence-corrected chi connectivity index (χ0v) is 17.3. The quantitative estimate of drug-likeness (QED) is 0.537. The van der Waals surface area contributed by atoms with Gasteiger partial charge in [0.1, 0.15) is 0 Å². The van der Waals surface area contributed by atoms with E-state index >= 15 is 0 Å². The van der Waals surface area contributed by atoms with E-state index in [9.17, 15) is 10.4 Å². The van der Waals surface area contributed by atoms with Crippen LogP contribution in [0.25, 0.3) is 33.3 Å². The van der Waals surface area contributed by atoms with Crippen molar-refractivity contribution in [1.29, 1.82) is 5.26 Å². The molecule has 1 aliphatic rings. The number of fused-ring (bicyclic) bond motifs is 1. The van der Waals surface area contributed by atoms with Crippen molar-refractivity contribution in [2.45, 2.75) is 30.9 Å². The van der Waals surface area contributed by atoms with E-state index in [2.05, 4.69) is 11.1 Å². The Morgan fingerprint density at radius 1 is 1.03 bits per heavy atom. The fourth-order valence-electron chi connectivity index (χ4n) is 4.76. The van der Waals surface area contributed by atoms with Crippen molar-refractivity contribution >= 4 is 10.9 Å². The molecule has 2 aromatic heterocycles. The lowest BCUT2D eigenvalue weighted by molar-refractivity contribution is -0.379. The van der Waals surface area contributed by atoms with Gasteiger partial charge in [-0.05, 0) is 37.0 Å². The molecule has 0 radical (unpaired) electrons. The predicted octanol–water partition coefficient (Wildman–Crippen LogP) is 3.95. The lowest BCUT2D eigenvalue weighted by Gasteiger charge is -2.49. The molecule has 2 heterocycles. The number of nitrogens with one attached hydrogen (secondary N) is 1. The van der Waals surface area contributed by atoms with Gasteiger partial charge in [-0.2, -0.15) is 5.26 Å². The molecule has 0 saturated heterocycles. The lowest BCUT2D eigenvalue weighted by Crippen LogP contribution is -2.58. The summed E-state index contributed by atoms with van der Waals surface area (Å²) in [6.45, 7) is 1.82. The molecule has 5 nitrogen and oxygen atoms in total. The topological polar surface area (TPSA) is 97.1 Å². The molecular weight excluding hydrogens is 384 g/mol. The highest BCUT2D eigenvalue weighted by atomic mass is 16.3. The minimum absolute atomic E-state index is 0.487. The number of hydrogen-bond donors (Lipinski definition) is 2. The first kappa shape index (κ1) is 19.4. The number of rotatable bonds is 3. The predicted molar refractivity (Wildman–Crippen MR) is 120 cm³/mol. The summed E-state index contributed by atoms with van der Waals surface area (Å²) < 4.78 is 0. The zero-order chi connectivity index (χ0) is 21.6. The largest absolute Gasteiger partial charge is 0.390 e. The van der Waals surface area contributed by atoms with Crippen LogP contribution in [0.1, 0.15) is 31.0 Å². The van der Waals surface area contributed by atoms with Crippen LogP contribution in [0.2, 0.25) is 0 Å². The van der Waals surface area contributed by atoms with Gasteiger partial charge in [-0.1, -0.05) is 54.6 Å².